The number of halogens is 2. The molecule has 19 heavy (non-hydrogen) atoms. The van der Waals surface area contributed by atoms with Gasteiger partial charge in [0.1, 0.15) is 5.82 Å². The molecule has 0 radical (unpaired) electrons. The van der Waals surface area contributed by atoms with Crippen LogP contribution in [0.2, 0.25) is 5.02 Å². The lowest BCUT2D eigenvalue weighted by molar-refractivity contribution is 0.246. The molecule has 0 saturated carbocycles. The topological polar surface area (TPSA) is 15.3 Å². The minimum Gasteiger partial charge on any atom is -0.311 e. The molecule has 1 atom stereocenters. The third-order valence-electron chi connectivity index (χ3n) is 3.20. The average Bonchev–Trinajstić information content (AvgIpc) is 2.32. The molecule has 1 unspecified atom stereocenters. The van der Waals surface area contributed by atoms with Crippen molar-refractivity contribution in [3.05, 3.63) is 34.6 Å². The number of likely N-dealkylation sites (N-methyl/N-ethyl adjacent to an activating group) is 1. The highest BCUT2D eigenvalue weighted by atomic mass is 35.5. The standard InChI is InChI=1S/C15H24ClFN2/c1-11(2)8-13(19(3)4)10-18-9-12-6-5-7-14(16)15(12)17/h5-7,11,13,18H,8-10H2,1-4H3. The van der Waals surface area contributed by atoms with E-state index in [-0.39, 0.29) is 10.8 Å². The molecule has 0 aromatic heterocycles. The van der Waals surface area contributed by atoms with Crippen LogP contribution in [0.3, 0.4) is 0 Å². The van der Waals surface area contributed by atoms with Crippen LogP contribution in [0.4, 0.5) is 4.39 Å². The van der Waals surface area contributed by atoms with E-state index in [1.54, 1.807) is 18.2 Å². The molecule has 108 valence electrons. The Morgan fingerprint density at radius 2 is 2.00 bits per heavy atom. The predicted octanol–water partition coefficient (Wildman–Crippen LogP) is 3.55. The molecule has 0 fully saturated rings. The second-order valence-electron chi connectivity index (χ2n) is 5.59. The number of benzene rings is 1. The summed E-state index contributed by atoms with van der Waals surface area (Å²) in [6.07, 6.45) is 1.12. The van der Waals surface area contributed by atoms with Crippen LogP contribution in [-0.4, -0.2) is 31.6 Å². The molecule has 1 aromatic carbocycles. The Bertz CT molecular complexity index is 394. The summed E-state index contributed by atoms with van der Waals surface area (Å²) in [4.78, 5) is 2.21. The van der Waals surface area contributed by atoms with Gasteiger partial charge in [-0.3, -0.25) is 0 Å². The maximum absolute atomic E-state index is 13.7. The molecule has 4 heteroatoms. The smallest absolute Gasteiger partial charge is 0.146 e. The molecule has 0 saturated heterocycles. The fourth-order valence-electron chi connectivity index (χ4n) is 2.08. The summed E-state index contributed by atoms with van der Waals surface area (Å²) in [5, 5.41) is 3.50. The Morgan fingerprint density at radius 3 is 2.58 bits per heavy atom. The van der Waals surface area contributed by atoms with Crippen molar-refractivity contribution in [1.82, 2.24) is 10.2 Å². The van der Waals surface area contributed by atoms with E-state index in [1.165, 1.54) is 0 Å². The lowest BCUT2D eigenvalue weighted by Crippen LogP contribution is -2.38. The maximum atomic E-state index is 13.7. The van der Waals surface area contributed by atoms with Crippen LogP contribution in [0.1, 0.15) is 25.8 Å². The zero-order valence-corrected chi connectivity index (χ0v) is 13.0. The quantitative estimate of drug-likeness (QED) is 0.825. The van der Waals surface area contributed by atoms with Crippen LogP contribution in [0.5, 0.6) is 0 Å². The van der Waals surface area contributed by atoms with Crippen molar-refractivity contribution in [1.29, 1.82) is 0 Å². The Morgan fingerprint density at radius 1 is 1.32 bits per heavy atom. The molecule has 0 aliphatic rings. The molecule has 1 aromatic rings. The summed E-state index contributed by atoms with van der Waals surface area (Å²) >= 11 is 5.76. The first-order chi connectivity index (χ1) is 8.91. The SMILES string of the molecule is CC(C)CC(CNCc1cccc(Cl)c1F)N(C)C. The lowest BCUT2D eigenvalue weighted by Gasteiger charge is -2.26. The fourth-order valence-corrected chi connectivity index (χ4v) is 2.27. The highest BCUT2D eigenvalue weighted by Crippen LogP contribution is 2.17. The third kappa shape index (κ3) is 5.47. The molecule has 0 bridgehead atoms. The minimum atomic E-state index is -0.318. The number of nitrogens with one attached hydrogen (secondary N) is 1. The summed E-state index contributed by atoms with van der Waals surface area (Å²) < 4.78 is 13.7. The van der Waals surface area contributed by atoms with E-state index in [9.17, 15) is 4.39 Å². The van der Waals surface area contributed by atoms with Gasteiger partial charge >= 0.3 is 0 Å². The van der Waals surface area contributed by atoms with Gasteiger partial charge in [0.05, 0.1) is 5.02 Å². The van der Waals surface area contributed by atoms with Gasteiger partial charge in [-0.25, -0.2) is 4.39 Å². The summed E-state index contributed by atoms with van der Waals surface area (Å²) in [5.74, 6) is 0.332. The lowest BCUT2D eigenvalue weighted by atomic mass is 10.0. The van der Waals surface area contributed by atoms with Crippen molar-refractivity contribution in [2.24, 2.45) is 5.92 Å². The van der Waals surface area contributed by atoms with Crippen LogP contribution in [-0.2, 0) is 6.54 Å². The molecule has 0 aliphatic heterocycles. The predicted molar refractivity (Wildman–Crippen MR) is 80.0 cm³/mol. The van der Waals surface area contributed by atoms with Crippen molar-refractivity contribution in [3.63, 3.8) is 0 Å². The summed E-state index contributed by atoms with van der Waals surface area (Å²) in [5.41, 5.74) is 0.620. The van der Waals surface area contributed by atoms with Crippen LogP contribution in [0.15, 0.2) is 18.2 Å². The molecule has 1 N–H and O–H groups in total. The number of nitrogens with zero attached hydrogens (tertiary/aromatic N) is 1. The molecule has 0 aliphatic carbocycles. The second-order valence-corrected chi connectivity index (χ2v) is 6.00. The molecular weight excluding hydrogens is 263 g/mol. The van der Waals surface area contributed by atoms with E-state index >= 15 is 0 Å². The fraction of sp³-hybridized carbons (Fsp3) is 0.600. The van der Waals surface area contributed by atoms with Gasteiger partial charge in [0.25, 0.3) is 0 Å². The van der Waals surface area contributed by atoms with Gasteiger partial charge in [-0.1, -0.05) is 37.6 Å². The third-order valence-corrected chi connectivity index (χ3v) is 3.49. The molecule has 0 heterocycles. The van der Waals surface area contributed by atoms with Crippen LogP contribution in [0, 0.1) is 11.7 Å². The first kappa shape index (κ1) is 16.4. The van der Waals surface area contributed by atoms with Gasteiger partial charge in [0.15, 0.2) is 0 Å². The van der Waals surface area contributed by atoms with E-state index in [1.807, 2.05) is 0 Å². The summed E-state index contributed by atoms with van der Waals surface area (Å²) in [6, 6.07) is 5.57. The van der Waals surface area contributed by atoms with Crippen molar-refractivity contribution in [2.75, 3.05) is 20.6 Å². The molecule has 1 rings (SSSR count). The van der Waals surface area contributed by atoms with Gasteiger partial charge in [0.2, 0.25) is 0 Å². The summed E-state index contributed by atoms with van der Waals surface area (Å²) in [6.45, 7) is 5.78. The Hall–Kier alpha value is -0.640. The van der Waals surface area contributed by atoms with Crippen molar-refractivity contribution in [3.8, 4) is 0 Å². The van der Waals surface area contributed by atoms with E-state index in [4.69, 9.17) is 11.6 Å². The van der Waals surface area contributed by atoms with Gasteiger partial charge in [0, 0.05) is 24.7 Å². The highest BCUT2D eigenvalue weighted by Gasteiger charge is 2.13. The molecule has 0 amide bonds. The largest absolute Gasteiger partial charge is 0.311 e. The maximum Gasteiger partial charge on any atom is 0.146 e. The Balaban J connectivity index is 2.50. The molecule has 2 nitrogen and oxygen atoms in total. The van der Waals surface area contributed by atoms with Crippen molar-refractivity contribution in [2.45, 2.75) is 32.9 Å². The van der Waals surface area contributed by atoms with Crippen molar-refractivity contribution >= 4 is 11.6 Å². The van der Waals surface area contributed by atoms with Crippen LogP contribution >= 0.6 is 11.6 Å². The molecule has 0 spiro atoms. The number of hydrogen-bond acceptors (Lipinski definition) is 2. The van der Waals surface area contributed by atoms with Crippen LogP contribution < -0.4 is 5.32 Å². The van der Waals surface area contributed by atoms with E-state index in [0.717, 1.165) is 13.0 Å². The van der Waals surface area contributed by atoms with Gasteiger partial charge in [-0.2, -0.15) is 0 Å². The average molecular weight is 287 g/mol. The van der Waals surface area contributed by atoms with Gasteiger partial charge < -0.3 is 10.2 Å². The Kier molecular flexibility index (Phi) is 6.76. The van der Waals surface area contributed by atoms with E-state index in [2.05, 4.69) is 38.2 Å². The first-order valence-electron chi connectivity index (χ1n) is 6.71. The monoisotopic (exact) mass is 286 g/mol. The second kappa shape index (κ2) is 7.83. The zero-order chi connectivity index (χ0) is 14.4. The minimum absolute atomic E-state index is 0.186. The van der Waals surface area contributed by atoms with Crippen molar-refractivity contribution < 1.29 is 4.39 Å². The zero-order valence-electron chi connectivity index (χ0n) is 12.2. The summed E-state index contributed by atoms with van der Waals surface area (Å²) in [7, 11) is 4.16. The normalized spacial score (nSPS) is 13.3. The van der Waals surface area contributed by atoms with Gasteiger partial charge in [-0.05, 0) is 32.5 Å². The van der Waals surface area contributed by atoms with E-state index in [0.29, 0.717) is 24.1 Å². The number of hydrogen-bond donors (Lipinski definition) is 1. The number of rotatable bonds is 7. The van der Waals surface area contributed by atoms with Gasteiger partial charge in [-0.15, -0.1) is 0 Å². The molecular formula is C15H24ClFN2. The van der Waals surface area contributed by atoms with Crippen LogP contribution in [0.25, 0.3) is 0 Å². The van der Waals surface area contributed by atoms with E-state index < -0.39 is 0 Å². The first-order valence-corrected chi connectivity index (χ1v) is 7.09. The Labute approximate surface area is 120 Å². The highest BCUT2D eigenvalue weighted by molar-refractivity contribution is 6.30.